The third kappa shape index (κ3) is 6.57. The largest absolute Gasteiger partial charge is 0.497 e. The highest BCUT2D eigenvalue weighted by molar-refractivity contribution is 5.94. The summed E-state index contributed by atoms with van der Waals surface area (Å²) < 4.78 is 5.18. The van der Waals surface area contributed by atoms with Crippen molar-refractivity contribution in [2.24, 2.45) is 0 Å². The van der Waals surface area contributed by atoms with E-state index in [1.165, 1.54) is 5.56 Å². The standard InChI is InChI=1S/C26H35N3O3/c1-4-21-6-11-23(12-7-21)27-26(31)20(2)28-16-5-17-29(19-18-28)25(30)15-10-22-8-13-24(32-3)14-9-22/h6-9,11-14,20H,4-5,10,15-19H2,1-3H3,(H,27,31). The number of nitrogens with zero attached hydrogens (tertiary/aromatic N) is 2. The molecule has 1 unspecified atom stereocenters. The maximum Gasteiger partial charge on any atom is 0.241 e. The first kappa shape index (κ1) is 23.8. The van der Waals surface area contributed by atoms with Crippen molar-refractivity contribution in [3.8, 4) is 5.75 Å². The maximum absolute atomic E-state index is 12.8. The van der Waals surface area contributed by atoms with E-state index in [0.717, 1.165) is 49.4 Å². The second-order valence-electron chi connectivity index (χ2n) is 8.33. The molecule has 1 N–H and O–H groups in total. The molecule has 6 heteroatoms. The summed E-state index contributed by atoms with van der Waals surface area (Å²) in [6, 6.07) is 15.6. The third-order valence-corrected chi connectivity index (χ3v) is 6.23. The van der Waals surface area contributed by atoms with E-state index < -0.39 is 0 Å². The Morgan fingerprint density at radius 2 is 1.66 bits per heavy atom. The zero-order valence-corrected chi connectivity index (χ0v) is 19.5. The lowest BCUT2D eigenvalue weighted by Gasteiger charge is -2.27. The Balaban J connectivity index is 1.47. The van der Waals surface area contributed by atoms with Crippen molar-refractivity contribution >= 4 is 17.5 Å². The van der Waals surface area contributed by atoms with Gasteiger partial charge in [-0.25, -0.2) is 0 Å². The molecule has 1 aliphatic rings. The van der Waals surface area contributed by atoms with E-state index in [4.69, 9.17) is 4.74 Å². The lowest BCUT2D eigenvalue weighted by Crippen LogP contribution is -2.44. The number of amides is 2. The molecular formula is C26H35N3O3. The Labute approximate surface area is 191 Å². The van der Waals surface area contributed by atoms with Gasteiger partial charge in [-0.3, -0.25) is 14.5 Å². The van der Waals surface area contributed by atoms with Crippen molar-refractivity contribution in [1.82, 2.24) is 9.80 Å². The average Bonchev–Trinajstić information content (AvgIpc) is 3.09. The van der Waals surface area contributed by atoms with Crippen LogP contribution in [0.25, 0.3) is 0 Å². The summed E-state index contributed by atoms with van der Waals surface area (Å²) in [5, 5.41) is 3.02. The number of aryl methyl sites for hydroxylation is 2. The van der Waals surface area contributed by atoms with E-state index in [1.807, 2.05) is 60.4 Å². The molecule has 0 aromatic heterocycles. The Morgan fingerprint density at radius 1 is 0.969 bits per heavy atom. The zero-order chi connectivity index (χ0) is 22.9. The molecule has 1 fully saturated rings. The van der Waals surface area contributed by atoms with Gasteiger partial charge in [-0.2, -0.15) is 0 Å². The highest BCUT2D eigenvalue weighted by Crippen LogP contribution is 2.15. The van der Waals surface area contributed by atoms with Crippen LogP contribution in [0.3, 0.4) is 0 Å². The number of anilines is 1. The fourth-order valence-corrected chi connectivity index (χ4v) is 4.01. The topological polar surface area (TPSA) is 61.9 Å². The first-order chi connectivity index (χ1) is 15.5. The van der Waals surface area contributed by atoms with Crippen molar-refractivity contribution in [3.63, 3.8) is 0 Å². The minimum absolute atomic E-state index is 0.00599. The van der Waals surface area contributed by atoms with Crippen molar-refractivity contribution in [2.45, 2.75) is 45.6 Å². The number of carbonyl (C=O) groups excluding carboxylic acids is 2. The molecule has 2 aromatic rings. The maximum atomic E-state index is 12.8. The van der Waals surface area contributed by atoms with Crippen LogP contribution >= 0.6 is 0 Å². The first-order valence-electron chi connectivity index (χ1n) is 11.5. The molecule has 0 radical (unpaired) electrons. The smallest absolute Gasteiger partial charge is 0.241 e. The van der Waals surface area contributed by atoms with Crippen molar-refractivity contribution < 1.29 is 14.3 Å². The molecule has 6 nitrogen and oxygen atoms in total. The third-order valence-electron chi connectivity index (χ3n) is 6.23. The Kier molecular flexibility index (Phi) is 8.68. The van der Waals surface area contributed by atoms with E-state index in [9.17, 15) is 9.59 Å². The van der Waals surface area contributed by atoms with Gasteiger partial charge in [-0.15, -0.1) is 0 Å². The van der Waals surface area contributed by atoms with Crippen molar-refractivity contribution in [2.75, 3.05) is 38.6 Å². The molecule has 0 aliphatic carbocycles. The molecular weight excluding hydrogens is 402 g/mol. The zero-order valence-electron chi connectivity index (χ0n) is 19.5. The van der Waals surface area contributed by atoms with Gasteiger partial charge >= 0.3 is 0 Å². The number of methoxy groups -OCH3 is 1. The summed E-state index contributed by atoms with van der Waals surface area (Å²) >= 11 is 0. The summed E-state index contributed by atoms with van der Waals surface area (Å²) in [6.07, 6.45) is 3.07. The van der Waals surface area contributed by atoms with Gasteiger partial charge < -0.3 is 15.0 Å². The summed E-state index contributed by atoms with van der Waals surface area (Å²) in [5.74, 6) is 0.994. The summed E-state index contributed by atoms with van der Waals surface area (Å²) in [5.41, 5.74) is 3.21. The lowest BCUT2D eigenvalue weighted by molar-refractivity contribution is -0.131. The molecule has 3 rings (SSSR count). The van der Waals surface area contributed by atoms with Crippen molar-refractivity contribution in [1.29, 1.82) is 0 Å². The van der Waals surface area contributed by atoms with Crippen LogP contribution in [0.2, 0.25) is 0 Å². The lowest BCUT2D eigenvalue weighted by atomic mass is 10.1. The molecule has 1 saturated heterocycles. The SMILES string of the molecule is CCc1ccc(NC(=O)C(C)N2CCCN(C(=O)CCc3ccc(OC)cc3)CC2)cc1. The number of rotatable bonds is 8. The number of hydrogen-bond donors (Lipinski definition) is 1. The van der Waals surface area contributed by atoms with E-state index in [0.29, 0.717) is 19.5 Å². The van der Waals surface area contributed by atoms with Crippen LogP contribution in [0, 0.1) is 0 Å². The van der Waals surface area contributed by atoms with Crippen LogP contribution in [0.1, 0.15) is 37.8 Å². The number of carbonyl (C=O) groups is 2. The number of nitrogens with one attached hydrogen (secondary N) is 1. The van der Waals surface area contributed by atoms with Crippen LogP contribution in [-0.2, 0) is 22.4 Å². The predicted octanol–water partition coefficient (Wildman–Crippen LogP) is 3.75. The molecule has 0 bridgehead atoms. The number of hydrogen-bond acceptors (Lipinski definition) is 4. The van der Waals surface area contributed by atoms with Gasteiger partial charge in [0.2, 0.25) is 11.8 Å². The van der Waals surface area contributed by atoms with Gasteiger partial charge in [-0.1, -0.05) is 31.2 Å². The Bertz CT molecular complexity index is 880. The predicted molar refractivity (Wildman–Crippen MR) is 128 cm³/mol. The molecule has 1 aliphatic heterocycles. The second kappa shape index (κ2) is 11.7. The van der Waals surface area contributed by atoms with Crippen LogP contribution in [0.15, 0.2) is 48.5 Å². The van der Waals surface area contributed by atoms with Crippen LogP contribution in [0.4, 0.5) is 5.69 Å². The molecule has 1 heterocycles. The van der Waals surface area contributed by atoms with E-state index in [1.54, 1.807) is 7.11 Å². The summed E-state index contributed by atoms with van der Waals surface area (Å²) in [4.78, 5) is 29.6. The normalized spacial score (nSPS) is 15.7. The summed E-state index contributed by atoms with van der Waals surface area (Å²) in [7, 11) is 1.65. The monoisotopic (exact) mass is 437 g/mol. The van der Waals surface area contributed by atoms with E-state index in [2.05, 4.69) is 17.1 Å². The Hall–Kier alpha value is -2.86. The number of benzene rings is 2. The minimum atomic E-state index is -0.241. The molecule has 0 saturated carbocycles. The fourth-order valence-electron chi connectivity index (χ4n) is 4.01. The quantitative estimate of drug-likeness (QED) is 0.683. The first-order valence-corrected chi connectivity index (χ1v) is 11.5. The van der Waals surface area contributed by atoms with Crippen LogP contribution in [0.5, 0.6) is 5.75 Å². The van der Waals surface area contributed by atoms with E-state index in [-0.39, 0.29) is 17.9 Å². The van der Waals surface area contributed by atoms with Crippen LogP contribution in [-0.4, -0.2) is 60.9 Å². The average molecular weight is 438 g/mol. The second-order valence-corrected chi connectivity index (χ2v) is 8.33. The van der Waals surface area contributed by atoms with Gasteiger partial charge in [0.25, 0.3) is 0 Å². The Morgan fingerprint density at radius 3 is 2.31 bits per heavy atom. The van der Waals surface area contributed by atoms with Crippen LogP contribution < -0.4 is 10.1 Å². The van der Waals surface area contributed by atoms with Gasteiger partial charge in [-0.05, 0) is 61.6 Å². The van der Waals surface area contributed by atoms with E-state index >= 15 is 0 Å². The highest BCUT2D eigenvalue weighted by Gasteiger charge is 2.25. The van der Waals surface area contributed by atoms with Gasteiger partial charge in [0.15, 0.2) is 0 Å². The molecule has 2 amide bonds. The van der Waals surface area contributed by atoms with Gasteiger partial charge in [0.05, 0.1) is 13.2 Å². The molecule has 0 spiro atoms. The molecule has 2 aromatic carbocycles. The number of ether oxygens (including phenoxy) is 1. The molecule has 172 valence electrons. The van der Waals surface area contributed by atoms with Crippen molar-refractivity contribution in [3.05, 3.63) is 59.7 Å². The van der Waals surface area contributed by atoms with Gasteiger partial charge in [0.1, 0.15) is 5.75 Å². The highest BCUT2D eigenvalue weighted by atomic mass is 16.5. The minimum Gasteiger partial charge on any atom is -0.497 e. The summed E-state index contributed by atoms with van der Waals surface area (Å²) in [6.45, 7) is 6.97. The van der Waals surface area contributed by atoms with Gasteiger partial charge in [0, 0.05) is 38.3 Å². The molecule has 1 atom stereocenters. The fraction of sp³-hybridized carbons (Fsp3) is 0.462. The molecule has 32 heavy (non-hydrogen) atoms.